The second-order valence-electron chi connectivity index (χ2n) is 5.66. The summed E-state index contributed by atoms with van der Waals surface area (Å²) < 4.78 is 0. The third kappa shape index (κ3) is 4.25. The lowest BCUT2D eigenvalue weighted by Gasteiger charge is -2.13. The Balaban J connectivity index is 1.90. The first-order valence-electron chi connectivity index (χ1n) is 7.34. The van der Waals surface area contributed by atoms with Crippen LogP contribution in [0.25, 0.3) is 0 Å². The van der Waals surface area contributed by atoms with Gasteiger partial charge in [0.05, 0.1) is 6.54 Å². The van der Waals surface area contributed by atoms with E-state index in [-0.39, 0.29) is 12.5 Å². The maximum Gasteiger partial charge on any atom is 0.243 e. The molecule has 2 N–H and O–H groups in total. The normalized spacial score (nSPS) is 10.2. The Morgan fingerprint density at radius 1 is 1.05 bits per heavy atom. The van der Waals surface area contributed by atoms with Gasteiger partial charge in [0.1, 0.15) is 0 Å². The molecule has 2 aromatic rings. The number of hydrogen-bond donors (Lipinski definition) is 2. The molecule has 0 bridgehead atoms. The smallest absolute Gasteiger partial charge is 0.243 e. The van der Waals surface area contributed by atoms with Gasteiger partial charge in [0.2, 0.25) is 5.91 Å². The number of hydrogen-bond acceptors (Lipinski definition) is 3. The van der Waals surface area contributed by atoms with E-state index in [9.17, 15) is 4.79 Å². The number of nitrogens with one attached hydrogen (secondary N) is 2. The molecule has 2 aromatic carbocycles. The lowest BCUT2D eigenvalue weighted by Crippen LogP contribution is -2.22. The van der Waals surface area contributed by atoms with Gasteiger partial charge in [-0.2, -0.15) is 0 Å². The second kappa shape index (κ2) is 6.98. The van der Waals surface area contributed by atoms with Crippen molar-refractivity contribution in [1.29, 1.82) is 0 Å². The zero-order valence-corrected chi connectivity index (χ0v) is 13.6. The lowest BCUT2D eigenvalue weighted by atomic mass is 10.1. The fourth-order valence-corrected chi connectivity index (χ4v) is 2.24. The van der Waals surface area contributed by atoms with Crippen molar-refractivity contribution < 1.29 is 4.79 Å². The zero-order chi connectivity index (χ0) is 16.1. The molecule has 116 valence electrons. The van der Waals surface area contributed by atoms with Gasteiger partial charge in [-0.3, -0.25) is 4.79 Å². The minimum absolute atomic E-state index is 0.0578. The Kier molecular flexibility index (Phi) is 5.04. The van der Waals surface area contributed by atoms with Crippen LogP contribution in [0.5, 0.6) is 0 Å². The molecule has 0 heterocycles. The molecule has 4 heteroatoms. The molecule has 0 radical (unpaired) electrons. The summed E-state index contributed by atoms with van der Waals surface area (Å²) in [6.45, 7) is 4.34. The van der Waals surface area contributed by atoms with Gasteiger partial charge in [0.25, 0.3) is 0 Å². The number of amides is 1. The molecule has 1 amide bonds. The summed E-state index contributed by atoms with van der Waals surface area (Å²) in [5.41, 5.74) is 5.25. The van der Waals surface area contributed by atoms with Crippen LogP contribution in [0.1, 0.15) is 11.1 Å². The predicted molar refractivity (Wildman–Crippen MR) is 93.8 cm³/mol. The molecule has 0 unspecified atom stereocenters. The van der Waals surface area contributed by atoms with Crippen LogP contribution in [-0.2, 0) is 4.79 Å². The Morgan fingerprint density at radius 3 is 2.32 bits per heavy atom. The maximum absolute atomic E-state index is 12.0. The summed E-state index contributed by atoms with van der Waals surface area (Å²) in [5, 5.41) is 6.06. The van der Waals surface area contributed by atoms with Gasteiger partial charge in [-0.1, -0.05) is 17.7 Å². The molecular weight excluding hydrogens is 274 g/mol. The van der Waals surface area contributed by atoms with Crippen molar-refractivity contribution in [2.24, 2.45) is 0 Å². The molecule has 0 saturated heterocycles. The number of anilines is 3. The van der Waals surface area contributed by atoms with Crippen LogP contribution in [-0.4, -0.2) is 26.5 Å². The van der Waals surface area contributed by atoms with Crippen molar-refractivity contribution in [3.05, 3.63) is 53.6 Å². The molecule has 0 saturated carbocycles. The standard InChI is InChI=1S/C18H23N3O/c1-13-5-10-17(14(2)11-13)19-12-18(22)20-15-6-8-16(9-7-15)21(3)4/h5-11,19H,12H2,1-4H3,(H,20,22). The van der Waals surface area contributed by atoms with E-state index in [0.29, 0.717) is 0 Å². The van der Waals surface area contributed by atoms with Crippen LogP contribution in [0.15, 0.2) is 42.5 Å². The average Bonchev–Trinajstić information content (AvgIpc) is 2.47. The van der Waals surface area contributed by atoms with Gasteiger partial charge in [0, 0.05) is 31.2 Å². The number of nitrogens with zero attached hydrogens (tertiary/aromatic N) is 1. The van der Waals surface area contributed by atoms with Crippen molar-refractivity contribution in [2.75, 3.05) is 36.2 Å². The quantitative estimate of drug-likeness (QED) is 0.889. The van der Waals surface area contributed by atoms with Gasteiger partial charge in [-0.25, -0.2) is 0 Å². The van der Waals surface area contributed by atoms with E-state index in [1.54, 1.807) is 0 Å². The lowest BCUT2D eigenvalue weighted by molar-refractivity contribution is -0.114. The largest absolute Gasteiger partial charge is 0.378 e. The highest BCUT2D eigenvalue weighted by Gasteiger charge is 2.04. The molecule has 0 atom stereocenters. The van der Waals surface area contributed by atoms with Crippen molar-refractivity contribution >= 4 is 23.0 Å². The van der Waals surface area contributed by atoms with Crippen molar-refractivity contribution in [2.45, 2.75) is 13.8 Å². The summed E-state index contributed by atoms with van der Waals surface area (Å²) in [6.07, 6.45) is 0. The summed E-state index contributed by atoms with van der Waals surface area (Å²) in [6, 6.07) is 13.9. The van der Waals surface area contributed by atoms with Gasteiger partial charge in [-0.05, 0) is 49.7 Å². The van der Waals surface area contributed by atoms with E-state index < -0.39 is 0 Å². The third-order valence-electron chi connectivity index (χ3n) is 3.49. The van der Waals surface area contributed by atoms with Crippen molar-refractivity contribution in [3.8, 4) is 0 Å². The van der Waals surface area contributed by atoms with Gasteiger partial charge >= 0.3 is 0 Å². The molecule has 2 rings (SSSR count). The summed E-state index contributed by atoms with van der Waals surface area (Å²) >= 11 is 0. The predicted octanol–water partition coefficient (Wildman–Crippen LogP) is 3.42. The first-order valence-corrected chi connectivity index (χ1v) is 7.34. The Labute approximate surface area is 132 Å². The number of carbonyl (C=O) groups is 1. The van der Waals surface area contributed by atoms with Gasteiger partial charge in [0.15, 0.2) is 0 Å². The van der Waals surface area contributed by atoms with Gasteiger partial charge in [-0.15, -0.1) is 0 Å². The molecule has 0 aliphatic rings. The number of rotatable bonds is 5. The Morgan fingerprint density at radius 2 is 1.73 bits per heavy atom. The first-order chi connectivity index (χ1) is 10.5. The van der Waals surface area contributed by atoms with Crippen LogP contribution in [0.3, 0.4) is 0 Å². The number of aryl methyl sites for hydroxylation is 2. The minimum Gasteiger partial charge on any atom is -0.378 e. The monoisotopic (exact) mass is 297 g/mol. The SMILES string of the molecule is Cc1ccc(NCC(=O)Nc2ccc(N(C)C)cc2)c(C)c1. The first kappa shape index (κ1) is 15.9. The van der Waals surface area contributed by atoms with E-state index in [1.807, 2.05) is 62.3 Å². The summed E-state index contributed by atoms with van der Waals surface area (Å²) in [7, 11) is 3.98. The van der Waals surface area contributed by atoms with Gasteiger partial charge < -0.3 is 15.5 Å². The highest BCUT2D eigenvalue weighted by atomic mass is 16.1. The average molecular weight is 297 g/mol. The molecule has 0 fully saturated rings. The fourth-order valence-electron chi connectivity index (χ4n) is 2.24. The van der Waals surface area contributed by atoms with E-state index >= 15 is 0 Å². The highest BCUT2D eigenvalue weighted by Crippen LogP contribution is 2.17. The van der Waals surface area contributed by atoms with Crippen LogP contribution < -0.4 is 15.5 Å². The van der Waals surface area contributed by atoms with Crippen LogP contribution >= 0.6 is 0 Å². The molecule has 0 aliphatic carbocycles. The minimum atomic E-state index is -0.0578. The van der Waals surface area contributed by atoms with Crippen LogP contribution in [0.4, 0.5) is 17.1 Å². The molecular formula is C18H23N3O. The molecule has 0 aromatic heterocycles. The highest BCUT2D eigenvalue weighted by molar-refractivity contribution is 5.94. The maximum atomic E-state index is 12.0. The fraction of sp³-hybridized carbons (Fsp3) is 0.278. The topological polar surface area (TPSA) is 44.4 Å². The summed E-state index contributed by atoms with van der Waals surface area (Å²) in [5.74, 6) is -0.0578. The molecule has 0 aliphatic heterocycles. The van der Waals surface area contributed by atoms with Crippen molar-refractivity contribution in [3.63, 3.8) is 0 Å². The molecule has 22 heavy (non-hydrogen) atoms. The second-order valence-corrected chi connectivity index (χ2v) is 5.66. The van der Waals surface area contributed by atoms with E-state index in [2.05, 4.69) is 23.6 Å². The number of carbonyl (C=O) groups excluding carboxylic acids is 1. The Hall–Kier alpha value is -2.49. The van der Waals surface area contributed by atoms with Crippen LogP contribution in [0, 0.1) is 13.8 Å². The third-order valence-corrected chi connectivity index (χ3v) is 3.49. The number of benzene rings is 2. The van der Waals surface area contributed by atoms with E-state index in [4.69, 9.17) is 0 Å². The Bertz CT molecular complexity index is 648. The van der Waals surface area contributed by atoms with Crippen molar-refractivity contribution in [1.82, 2.24) is 0 Å². The summed E-state index contributed by atoms with van der Waals surface area (Å²) in [4.78, 5) is 14.0. The van der Waals surface area contributed by atoms with E-state index in [1.165, 1.54) is 5.56 Å². The zero-order valence-electron chi connectivity index (χ0n) is 13.6. The molecule has 0 spiro atoms. The van der Waals surface area contributed by atoms with Crippen LogP contribution in [0.2, 0.25) is 0 Å². The molecule has 4 nitrogen and oxygen atoms in total. The van der Waals surface area contributed by atoms with E-state index in [0.717, 1.165) is 22.6 Å².